The van der Waals surface area contributed by atoms with Crippen molar-refractivity contribution in [1.82, 2.24) is 24.9 Å². The highest BCUT2D eigenvalue weighted by atomic mass is 16.2. The summed E-state index contributed by atoms with van der Waals surface area (Å²) in [7, 11) is 3.73. The molecule has 2 aromatic rings. The van der Waals surface area contributed by atoms with Gasteiger partial charge in [0.15, 0.2) is 0 Å². The molecule has 0 radical (unpaired) electrons. The first-order valence-electron chi connectivity index (χ1n) is 7.35. The van der Waals surface area contributed by atoms with E-state index in [9.17, 15) is 4.79 Å². The van der Waals surface area contributed by atoms with Crippen LogP contribution in [0.15, 0.2) is 12.4 Å². The Bertz CT molecular complexity index is 666. The Labute approximate surface area is 124 Å². The van der Waals surface area contributed by atoms with Gasteiger partial charge >= 0.3 is 0 Å². The number of rotatable bonds is 4. The molecule has 0 aliphatic heterocycles. The number of aromatic nitrogens is 4. The molecule has 1 amide bonds. The van der Waals surface area contributed by atoms with Crippen LogP contribution in [0.1, 0.15) is 52.5 Å². The van der Waals surface area contributed by atoms with Crippen molar-refractivity contribution in [3.63, 3.8) is 0 Å². The number of hydrogen-bond acceptors (Lipinski definition) is 3. The van der Waals surface area contributed by atoms with Gasteiger partial charge in [-0.15, -0.1) is 0 Å². The fourth-order valence-corrected chi connectivity index (χ4v) is 2.73. The summed E-state index contributed by atoms with van der Waals surface area (Å²) in [5.41, 5.74) is 3.89. The molecular weight excluding hydrogens is 266 g/mol. The Morgan fingerprint density at radius 1 is 1.29 bits per heavy atom. The zero-order valence-corrected chi connectivity index (χ0v) is 12.8. The molecular formula is C15H21N5O. The molecule has 6 nitrogen and oxygen atoms in total. The van der Waals surface area contributed by atoms with Crippen molar-refractivity contribution in [2.24, 2.45) is 14.1 Å². The molecule has 2 heterocycles. The normalized spacial score (nSPS) is 15.0. The number of hydrogen-bond donors (Lipinski definition) is 1. The Kier molecular flexibility index (Phi) is 3.53. The number of carbonyl (C=O) groups is 1. The van der Waals surface area contributed by atoms with Gasteiger partial charge in [-0.3, -0.25) is 14.2 Å². The third kappa shape index (κ3) is 2.46. The van der Waals surface area contributed by atoms with E-state index >= 15 is 0 Å². The Morgan fingerprint density at radius 2 is 2.00 bits per heavy atom. The zero-order chi connectivity index (χ0) is 15.0. The standard InChI is InChI=1S/C15H21N5O/c1-10-12(8-17-19(10)2)7-16-15(21)14-13(9-18-20(14)3)11-5-4-6-11/h8-9,11H,4-7H2,1-3H3,(H,16,21). The first-order valence-corrected chi connectivity index (χ1v) is 7.35. The molecule has 0 saturated heterocycles. The SMILES string of the molecule is Cc1c(CNC(=O)c2c(C3CCC3)cnn2C)cnn1C. The third-order valence-corrected chi connectivity index (χ3v) is 4.50. The number of amides is 1. The van der Waals surface area contributed by atoms with E-state index in [0.717, 1.165) is 29.7 Å². The lowest BCUT2D eigenvalue weighted by Gasteiger charge is -2.25. The second kappa shape index (κ2) is 5.35. The van der Waals surface area contributed by atoms with Crippen molar-refractivity contribution in [3.8, 4) is 0 Å². The van der Waals surface area contributed by atoms with Crippen molar-refractivity contribution < 1.29 is 4.79 Å². The van der Waals surface area contributed by atoms with Crippen LogP contribution in [0, 0.1) is 6.92 Å². The molecule has 0 spiro atoms. The third-order valence-electron chi connectivity index (χ3n) is 4.50. The number of nitrogens with zero attached hydrogens (tertiary/aromatic N) is 4. The van der Waals surface area contributed by atoms with E-state index in [1.54, 1.807) is 10.9 Å². The molecule has 1 aliphatic rings. The Morgan fingerprint density at radius 3 is 2.57 bits per heavy atom. The van der Waals surface area contributed by atoms with E-state index in [4.69, 9.17) is 0 Å². The lowest BCUT2D eigenvalue weighted by Crippen LogP contribution is -2.27. The van der Waals surface area contributed by atoms with Crippen LogP contribution in [0.5, 0.6) is 0 Å². The summed E-state index contributed by atoms with van der Waals surface area (Å²) in [5, 5.41) is 11.4. The van der Waals surface area contributed by atoms with E-state index in [-0.39, 0.29) is 5.91 Å². The molecule has 0 atom stereocenters. The maximum Gasteiger partial charge on any atom is 0.270 e. The molecule has 21 heavy (non-hydrogen) atoms. The van der Waals surface area contributed by atoms with Crippen LogP contribution in [0.4, 0.5) is 0 Å². The van der Waals surface area contributed by atoms with Gasteiger partial charge in [-0.2, -0.15) is 10.2 Å². The first-order chi connectivity index (χ1) is 10.1. The molecule has 1 saturated carbocycles. The smallest absolute Gasteiger partial charge is 0.270 e. The predicted molar refractivity (Wildman–Crippen MR) is 78.9 cm³/mol. The van der Waals surface area contributed by atoms with Crippen molar-refractivity contribution >= 4 is 5.91 Å². The average molecular weight is 287 g/mol. The highest BCUT2D eigenvalue weighted by molar-refractivity contribution is 5.94. The van der Waals surface area contributed by atoms with Crippen molar-refractivity contribution in [1.29, 1.82) is 0 Å². The molecule has 0 bridgehead atoms. The highest BCUT2D eigenvalue weighted by Gasteiger charge is 2.27. The topological polar surface area (TPSA) is 64.7 Å². The summed E-state index contributed by atoms with van der Waals surface area (Å²) in [5.74, 6) is 0.444. The summed E-state index contributed by atoms with van der Waals surface area (Å²) in [6, 6.07) is 0. The molecule has 112 valence electrons. The summed E-state index contributed by atoms with van der Waals surface area (Å²) in [6.45, 7) is 2.49. The maximum atomic E-state index is 12.5. The summed E-state index contributed by atoms with van der Waals surface area (Å²) >= 11 is 0. The fraction of sp³-hybridized carbons (Fsp3) is 0.533. The van der Waals surface area contributed by atoms with E-state index < -0.39 is 0 Å². The minimum absolute atomic E-state index is 0.0554. The molecule has 0 aromatic carbocycles. The fourth-order valence-electron chi connectivity index (χ4n) is 2.73. The average Bonchev–Trinajstić information content (AvgIpc) is 2.91. The van der Waals surface area contributed by atoms with Crippen LogP contribution in [0.25, 0.3) is 0 Å². The predicted octanol–water partition coefficient (Wildman–Crippen LogP) is 1.66. The van der Waals surface area contributed by atoms with Gasteiger partial charge in [-0.05, 0) is 25.7 Å². The quantitative estimate of drug-likeness (QED) is 0.930. The van der Waals surface area contributed by atoms with Gasteiger partial charge in [0.25, 0.3) is 5.91 Å². The van der Waals surface area contributed by atoms with Gasteiger partial charge in [0.05, 0.1) is 12.4 Å². The van der Waals surface area contributed by atoms with E-state index in [2.05, 4.69) is 15.5 Å². The second-order valence-electron chi connectivity index (χ2n) is 5.76. The van der Waals surface area contributed by atoms with Crippen LogP contribution < -0.4 is 5.32 Å². The highest BCUT2D eigenvalue weighted by Crippen LogP contribution is 2.37. The molecule has 3 rings (SSSR count). The molecule has 1 fully saturated rings. The van der Waals surface area contributed by atoms with Gasteiger partial charge in [0.1, 0.15) is 5.69 Å². The van der Waals surface area contributed by atoms with Gasteiger partial charge in [0, 0.05) is 37.5 Å². The number of nitrogens with one attached hydrogen (secondary N) is 1. The second-order valence-corrected chi connectivity index (χ2v) is 5.76. The van der Waals surface area contributed by atoms with E-state index in [1.165, 1.54) is 6.42 Å². The van der Waals surface area contributed by atoms with Gasteiger partial charge in [-0.1, -0.05) is 6.42 Å². The minimum atomic E-state index is -0.0554. The van der Waals surface area contributed by atoms with Crippen molar-refractivity contribution in [2.75, 3.05) is 0 Å². The summed E-state index contributed by atoms with van der Waals surface area (Å²) in [6.07, 6.45) is 7.20. The zero-order valence-electron chi connectivity index (χ0n) is 12.8. The van der Waals surface area contributed by atoms with Crippen molar-refractivity contribution in [3.05, 3.63) is 34.9 Å². The van der Waals surface area contributed by atoms with Gasteiger partial charge in [0.2, 0.25) is 0 Å². The summed E-state index contributed by atoms with van der Waals surface area (Å²) in [4.78, 5) is 12.5. The van der Waals surface area contributed by atoms with Crippen LogP contribution >= 0.6 is 0 Å². The van der Waals surface area contributed by atoms with Crippen LogP contribution in [0.2, 0.25) is 0 Å². The minimum Gasteiger partial charge on any atom is -0.346 e. The molecule has 0 unspecified atom stereocenters. The van der Waals surface area contributed by atoms with Crippen LogP contribution in [-0.2, 0) is 20.6 Å². The van der Waals surface area contributed by atoms with E-state index in [1.807, 2.05) is 31.9 Å². The number of aryl methyl sites for hydroxylation is 2. The van der Waals surface area contributed by atoms with Crippen LogP contribution in [0.3, 0.4) is 0 Å². The molecule has 6 heteroatoms. The van der Waals surface area contributed by atoms with E-state index in [0.29, 0.717) is 18.2 Å². The maximum absolute atomic E-state index is 12.5. The monoisotopic (exact) mass is 287 g/mol. The Hall–Kier alpha value is -2.11. The summed E-state index contributed by atoms with van der Waals surface area (Å²) < 4.78 is 3.49. The lowest BCUT2D eigenvalue weighted by molar-refractivity contribution is 0.0939. The van der Waals surface area contributed by atoms with Crippen molar-refractivity contribution in [2.45, 2.75) is 38.6 Å². The van der Waals surface area contributed by atoms with Gasteiger partial charge in [-0.25, -0.2) is 0 Å². The van der Waals surface area contributed by atoms with Gasteiger partial charge < -0.3 is 5.32 Å². The first kappa shape index (κ1) is 13.9. The Balaban J connectivity index is 1.73. The molecule has 2 aromatic heterocycles. The number of carbonyl (C=O) groups excluding carboxylic acids is 1. The lowest BCUT2D eigenvalue weighted by atomic mass is 9.80. The van der Waals surface area contributed by atoms with Crippen LogP contribution in [-0.4, -0.2) is 25.5 Å². The molecule has 1 N–H and O–H groups in total. The molecule has 1 aliphatic carbocycles. The largest absolute Gasteiger partial charge is 0.346 e.